The highest BCUT2D eigenvalue weighted by atomic mass is 32.2. The van der Waals surface area contributed by atoms with Gasteiger partial charge >= 0.3 is 0 Å². The minimum Gasteiger partial charge on any atom is -0.494 e. The SMILES string of the molecule is CCOc1ccc2c(c1)nc(SCC(=O)C13CC4CC(CC(C4)C1)C3)n2C. The molecule has 0 amide bonds. The molecule has 6 rings (SSSR count). The maximum atomic E-state index is 13.3. The van der Waals surface area contributed by atoms with Gasteiger partial charge in [0.15, 0.2) is 5.16 Å². The number of carbonyl (C=O) groups is 1. The molecule has 1 aromatic carbocycles. The summed E-state index contributed by atoms with van der Waals surface area (Å²) in [5, 5.41) is 0.928. The van der Waals surface area contributed by atoms with Crippen LogP contribution in [0.2, 0.25) is 0 Å². The number of nitrogens with zero attached hydrogens (tertiary/aromatic N) is 2. The predicted molar refractivity (Wildman–Crippen MR) is 108 cm³/mol. The first-order valence-corrected chi connectivity index (χ1v) is 11.3. The highest BCUT2D eigenvalue weighted by Crippen LogP contribution is 2.60. The van der Waals surface area contributed by atoms with Crippen LogP contribution in [-0.4, -0.2) is 27.7 Å². The highest BCUT2D eigenvalue weighted by Gasteiger charge is 2.54. The fourth-order valence-corrected chi connectivity index (χ4v) is 7.30. The van der Waals surface area contributed by atoms with Crippen LogP contribution in [0.1, 0.15) is 45.4 Å². The van der Waals surface area contributed by atoms with Crippen LogP contribution in [0.15, 0.2) is 23.4 Å². The lowest BCUT2D eigenvalue weighted by molar-refractivity contribution is -0.141. The van der Waals surface area contributed by atoms with Crippen molar-refractivity contribution in [1.82, 2.24) is 9.55 Å². The molecule has 4 aliphatic rings. The number of fused-ring (bicyclic) bond motifs is 1. The molecule has 4 bridgehead atoms. The van der Waals surface area contributed by atoms with E-state index in [0.29, 0.717) is 18.1 Å². The third-order valence-corrected chi connectivity index (χ3v) is 8.11. The Kier molecular flexibility index (Phi) is 4.26. The average Bonchev–Trinajstić information content (AvgIpc) is 2.94. The van der Waals surface area contributed by atoms with Crippen molar-refractivity contribution in [2.45, 2.75) is 50.6 Å². The van der Waals surface area contributed by atoms with Crippen molar-refractivity contribution in [2.24, 2.45) is 30.2 Å². The van der Waals surface area contributed by atoms with Gasteiger partial charge in [0.2, 0.25) is 0 Å². The number of hydrogen-bond donors (Lipinski definition) is 0. The maximum absolute atomic E-state index is 13.3. The monoisotopic (exact) mass is 384 g/mol. The van der Waals surface area contributed by atoms with Crippen molar-refractivity contribution < 1.29 is 9.53 Å². The first-order chi connectivity index (χ1) is 13.1. The summed E-state index contributed by atoms with van der Waals surface area (Å²) in [6.07, 6.45) is 7.60. The van der Waals surface area contributed by atoms with Crippen molar-refractivity contribution in [1.29, 1.82) is 0 Å². The molecule has 4 nitrogen and oxygen atoms in total. The van der Waals surface area contributed by atoms with Gasteiger partial charge in [-0.15, -0.1) is 0 Å². The van der Waals surface area contributed by atoms with Gasteiger partial charge in [0.1, 0.15) is 11.5 Å². The van der Waals surface area contributed by atoms with E-state index in [4.69, 9.17) is 9.72 Å². The Morgan fingerprint density at radius 2 is 1.89 bits per heavy atom. The number of imidazole rings is 1. The van der Waals surface area contributed by atoms with E-state index in [0.717, 1.165) is 59.0 Å². The lowest BCUT2D eigenvalue weighted by Gasteiger charge is -2.56. The minimum atomic E-state index is -0.00548. The van der Waals surface area contributed by atoms with Gasteiger partial charge in [-0.25, -0.2) is 4.98 Å². The summed E-state index contributed by atoms with van der Waals surface area (Å²) in [6, 6.07) is 6.03. The van der Waals surface area contributed by atoms with E-state index < -0.39 is 0 Å². The Balaban J connectivity index is 1.32. The Hall–Kier alpha value is -1.49. The second-order valence-corrected chi connectivity index (χ2v) is 9.89. The van der Waals surface area contributed by atoms with Gasteiger partial charge in [-0.1, -0.05) is 11.8 Å². The third kappa shape index (κ3) is 2.98. The number of aryl methyl sites for hydroxylation is 1. The lowest BCUT2D eigenvalue weighted by Crippen LogP contribution is -2.50. The molecule has 1 heterocycles. The summed E-state index contributed by atoms with van der Waals surface area (Å²) in [4.78, 5) is 18.0. The number of ketones is 1. The van der Waals surface area contributed by atoms with E-state index in [1.165, 1.54) is 19.3 Å². The fourth-order valence-electron chi connectivity index (χ4n) is 6.28. The molecule has 1 aromatic heterocycles. The largest absolute Gasteiger partial charge is 0.494 e. The van der Waals surface area contributed by atoms with E-state index in [2.05, 4.69) is 10.6 Å². The Labute approximate surface area is 165 Å². The molecule has 0 spiro atoms. The molecule has 4 aliphatic carbocycles. The van der Waals surface area contributed by atoms with Crippen LogP contribution < -0.4 is 4.74 Å². The molecule has 0 saturated heterocycles. The first kappa shape index (κ1) is 17.6. The standard InChI is InChI=1S/C22H28N2O2S/c1-3-26-17-4-5-19-18(9-17)23-21(24(19)2)27-13-20(25)22-10-14-6-15(11-22)8-16(7-14)12-22/h4-5,9,14-16H,3,6-8,10-13H2,1-2H3. The van der Waals surface area contributed by atoms with Gasteiger partial charge in [-0.05, 0) is 75.3 Å². The molecule has 0 N–H and O–H groups in total. The van der Waals surface area contributed by atoms with Gasteiger partial charge in [0.05, 0.1) is 23.4 Å². The molecular weight excluding hydrogens is 356 g/mol. The molecular formula is C22H28N2O2S. The number of aromatic nitrogens is 2. The summed E-state index contributed by atoms with van der Waals surface area (Å²) in [7, 11) is 2.03. The van der Waals surface area contributed by atoms with Crippen LogP contribution in [0.4, 0.5) is 0 Å². The summed E-state index contributed by atoms with van der Waals surface area (Å²) in [5.74, 6) is 4.34. The molecule has 0 aliphatic heterocycles. The summed E-state index contributed by atoms with van der Waals surface area (Å²) in [6.45, 7) is 2.64. The molecule has 2 aromatic rings. The summed E-state index contributed by atoms with van der Waals surface area (Å²) < 4.78 is 7.69. The van der Waals surface area contributed by atoms with Crippen molar-refractivity contribution in [3.05, 3.63) is 18.2 Å². The maximum Gasteiger partial charge on any atom is 0.169 e. The predicted octanol–water partition coefficient (Wildman–Crippen LogP) is 4.85. The second kappa shape index (κ2) is 6.54. The normalized spacial score (nSPS) is 31.6. The summed E-state index contributed by atoms with van der Waals surface area (Å²) in [5.41, 5.74) is 2.02. The van der Waals surface area contributed by atoms with Gasteiger partial charge in [-0.3, -0.25) is 4.79 Å². The van der Waals surface area contributed by atoms with Crippen LogP contribution in [0, 0.1) is 23.2 Å². The lowest BCUT2D eigenvalue weighted by atomic mass is 9.48. The molecule has 0 unspecified atom stereocenters. The number of benzene rings is 1. The Bertz CT molecular complexity index is 853. The topological polar surface area (TPSA) is 44.1 Å². The van der Waals surface area contributed by atoms with Gasteiger partial charge in [0, 0.05) is 18.5 Å². The molecule has 4 fully saturated rings. The van der Waals surface area contributed by atoms with Gasteiger partial charge in [0.25, 0.3) is 0 Å². The van der Waals surface area contributed by atoms with Crippen LogP contribution in [0.5, 0.6) is 5.75 Å². The number of rotatable bonds is 6. The number of carbonyl (C=O) groups excluding carboxylic acids is 1. The Morgan fingerprint density at radius 3 is 2.52 bits per heavy atom. The first-order valence-electron chi connectivity index (χ1n) is 10.3. The molecule has 4 saturated carbocycles. The number of ether oxygens (including phenoxy) is 1. The zero-order chi connectivity index (χ0) is 18.6. The zero-order valence-corrected chi connectivity index (χ0v) is 17.1. The fraction of sp³-hybridized carbons (Fsp3) is 0.636. The van der Waals surface area contributed by atoms with E-state index in [-0.39, 0.29) is 5.41 Å². The zero-order valence-electron chi connectivity index (χ0n) is 16.2. The smallest absolute Gasteiger partial charge is 0.169 e. The van der Waals surface area contributed by atoms with E-state index in [1.807, 2.05) is 26.1 Å². The summed E-state index contributed by atoms with van der Waals surface area (Å²) >= 11 is 1.61. The van der Waals surface area contributed by atoms with Crippen molar-refractivity contribution in [3.63, 3.8) is 0 Å². The van der Waals surface area contributed by atoms with E-state index in [9.17, 15) is 4.79 Å². The van der Waals surface area contributed by atoms with Crippen molar-refractivity contribution in [2.75, 3.05) is 12.4 Å². The third-order valence-electron chi connectivity index (χ3n) is 7.08. The number of hydrogen-bond acceptors (Lipinski definition) is 4. The molecule has 5 heteroatoms. The number of Topliss-reactive ketones (excluding diaryl/α,β-unsaturated/α-hetero) is 1. The van der Waals surface area contributed by atoms with Crippen LogP contribution in [0.3, 0.4) is 0 Å². The van der Waals surface area contributed by atoms with Crippen LogP contribution in [-0.2, 0) is 11.8 Å². The van der Waals surface area contributed by atoms with Crippen LogP contribution in [0.25, 0.3) is 11.0 Å². The van der Waals surface area contributed by atoms with Crippen molar-refractivity contribution in [3.8, 4) is 5.75 Å². The number of thioether (sulfide) groups is 1. The van der Waals surface area contributed by atoms with E-state index in [1.54, 1.807) is 11.8 Å². The molecule has 0 atom stereocenters. The van der Waals surface area contributed by atoms with Gasteiger partial charge < -0.3 is 9.30 Å². The van der Waals surface area contributed by atoms with Crippen LogP contribution >= 0.6 is 11.8 Å². The second-order valence-electron chi connectivity index (χ2n) is 8.95. The van der Waals surface area contributed by atoms with Crippen molar-refractivity contribution >= 4 is 28.6 Å². The van der Waals surface area contributed by atoms with E-state index >= 15 is 0 Å². The van der Waals surface area contributed by atoms with Gasteiger partial charge in [-0.2, -0.15) is 0 Å². The minimum absolute atomic E-state index is 0.00548. The quantitative estimate of drug-likeness (QED) is 0.668. The molecule has 27 heavy (non-hydrogen) atoms. The molecule has 144 valence electrons. The highest BCUT2D eigenvalue weighted by molar-refractivity contribution is 7.99. The Morgan fingerprint density at radius 1 is 1.22 bits per heavy atom. The molecule has 0 radical (unpaired) electrons. The average molecular weight is 385 g/mol.